The molecule has 0 fully saturated rings. The molecule has 0 saturated heterocycles. The average molecular weight is 143 g/mol. The number of aromatic nitrogens is 1. The highest BCUT2D eigenvalue weighted by Gasteiger charge is 2.16. The molecule has 0 saturated carbocycles. The molecule has 1 heterocycles. The van der Waals surface area contributed by atoms with Gasteiger partial charge in [0.1, 0.15) is 18.1 Å². The number of oxazole rings is 1. The van der Waals surface area contributed by atoms with E-state index >= 15 is 0 Å². The summed E-state index contributed by atoms with van der Waals surface area (Å²) in [6, 6.07) is 0. The normalized spacial score (nSPS) is 14.0. The largest absolute Gasteiger partial charge is 0.451 e. The van der Waals surface area contributed by atoms with E-state index in [1.807, 2.05) is 0 Å². The standard InChI is InChI=1S/C7H10FNO/c1-5(2)7(8)6-3-10-4-9-6/h3-5,7H,1-2H3. The first-order valence-electron chi connectivity index (χ1n) is 3.24. The highest BCUT2D eigenvalue weighted by atomic mass is 19.1. The van der Waals surface area contributed by atoms with Gasteiger partial charge >= 0.3 is 0 Å². The molecule has 1 aromatic rings. The zero-order chi connectivity index (χ0) is 7.56. The van der Waals surface area contributed by atoms with E-state index < -0.39 is 6.17 Å². The van der Waals surface area contributed by atoms with Gasteiger partial charge in [-0.2, -0.15) is 0 Å². The molecule has 0 bridgehead atoms. The lowest BCUT2D eigenvalue weighted by Gasteiger charge is -2.06. The van der Waals surface area contributed by atoms with E-state index in [9.17, 15) is 4.39 Å². The number of hydrogen-bond donors (Lipinski definition) is 0. The van der Waals surface area contributed by atoms with Gasteiger partial charge in [-0.1, -0.05) is 13.8 Å². The Hall–Kier alpha value is -0.860. The quantitative estimate of drug-likeness (QED) is 0.635. The summed E-state index contributed by atoms with van der Waals surface area (Å²) in [6.07, 6.45) is 1.58. The van der Waals surface area contributed by atoms with Gasteiger partial charge in [-0.15, -0.1) is 0 Å². The number of rotatable bonds is 2. The lowest BCUT2D eigenvalue weighted by atomic mass is 10.1. The second kappa shape index (κ2) is 2.82. The highest BCUT2D eigenvalue weighted by Crippen LogP contribution is 2.23. The second-order valence-corrected chi connectivity index (χ2v) is 2.56. The molecule has 10 heavy (non-hydrogen) atoms. The molecule has 0 aliphatic carbocycles. The smallest absolute Gasteiger partial charge is 0.180 e. The molecule has 1 unspecified atom stereocenters. The molecular formula is C7H10FNO. The lowest BCUT2D eigenvalue weighted by Crippen LogP contribution is -1.99. The fourth-order valence-corrected chi connectivity index (χ4v) is 0.700. The van der Waals surface area contributed by atoms with E-state index in [1.165, 1.54) is 12.7 Å². The van der Waals surface area contributed by atoms with Gasteiger partial charge in [-0.25, -0.2) is 9.37 Å². The van der Waals surface area contributed by atoms with E-state index in [0.29, 0.717) is 5.69 Å². The molecule has 0 aliphatic rings. The molecule has 56 valence electrons. The Morgan fingerprint density at radius 1 is 1.60 bits per heavy atom. The summed E-state index contributed by atoms with van der Waals surface area (Å²) in [4.78, 5) is 3.70. The van der Waals surface area contributed by atoms with Gasteiger partial charge in [0.05, 0.1) is 0 Å². The molecule has 2 nitrogen and oxygen atoms in total. The van der Waals surface area contributed by atoms with Crippen LogP contribution in [0.25, 0.3) is 0 Å². The van der Waals surface area contributed by atoms with Gasteiger partial charge in [-0.3, -0.25) is 0 Å². The maximum Gasteiger partial charge on any atom is 0.180 e. The van der Waals surface area contributed by atoms with E-state index in [2.05, 4.69) is 9.40 Å². The summed E-state index contributed by atoms with van der Waals surface area (Å²) in [5, 5.41) is 0. The molecule has 0 amide bonds. The Labute approximate surface area is 59.1 Å². The Morgan fingerprint density at radius 3 is 2.70 bits per heavy atom. The summed E-state index contributed by atoms with van der Waals surface area (Å²) in [5.74, 6) is -0.0369. The van der Waals surface area contributed by atoms with Crippen LogP contribution in [0.2, 0.25) is 0 Å². The minimum Gasteiger partial charge on any atom is -0.451 e. The summed E-state index contributed by atoms with van der Waals surface area (Å²) in [5.41, 5.74) is 0.384. The molecule has 0 spiro atoms. The maximum absolute atomic E-state index is 13.0. The molecular weight excluding hydrogens is 133 g/mol. The third kappa shape index (κ3) is 1.35. The average Bonchev–Trinajstić information content (AvgIpc) is 2.36. The van der Waals surface area contributed by atoms with Crippen molar-refractivity contribution in [2.75, 3.05) is 0 Å². The van der Waals surface area contributed by atoms with Crippen LogP contribution in [0.4, 0.5) is 4.39 Å². The van der Waals surface area contributed by atoms with Crippen molar-refractivity contribution in [2.45, 2.75) is 20.0 Å². The fraction of sp³-hybridized carbons (Fsp3) is 0.571. The van der Waals surface area contributed by atoms with Crippen molar-refractivity contribution in [1.29, 1.82) is 0 Å². The van der Waals surface area contributed by atoms with Crippen LogP contribution in [-0.2, 0) is 0 Å². The van der Waals surface area contributed by atoms with Crippen molar-refractivity contribution in [3.63, 3.8) is 0 Å². The van der Waals surface area contributed by atoms with Crippen LogP contribution >= 0.6 is 0 Å². The first-order valence-corrected chi connectivity index (χ1v) is 3.24. The lowest BCUT2D eigenvalue weighted by molar-refractivity contribution is 0.255. The SMILES string of the molecule is CC(C)C(F)c1cocn1. The van der Waals surface area contributed by atoms with Gasteiger partial charge in [0.15, 0.2) is 6.39 Å². The molecule has 1 atom stereocenters. The number of hydrogen-bond acceptors (Lipinski definition) is 2. The van der Waals surface area contributed by atoms with Gasteiger partial charge < -0.3 is 4.42 Å². The topological polar surface area (TPSA) is 26.0 Å². The molecule has 0 aliphatic heterocycles. The van der Waals surface area contributed by atoms with Gasteiger partial charge in [-0.05, 0) is 5.92 Å². The zero-order valence-electron chi connectivity index (χ0n) is 6.04. The van der Waals surface area contributed by atoms with Crippen molar-refractivity contribution >= 4 is 0 Å². The minimum atomic E-state index is -1.00. The summed E-state index contributed by atoms with van der Waals surface area (Å²) in [6.45, 7) is 3.61. The summed E-state index contributed by atoms with van der Waals surface area (Å²) < 4.78 is 17.6. The van der Waals surface area contributed by atoms with Crippen molar-refractivity contribution in [3.8, 4) is 0 Å². The van der Waals surface area contributed by atoms with E-state index in [4.69, 9.17) is 0 Å². The van der Waals surface area contributed by atoms with Gasteiger partial charge in [0.2, 0.25) is 0 Å². The predicted octanol–water partition coefficient (Wildman–Crippen LogP) is 2.34. The summed E-state index contributed by atoms with van der Waals surface area (Å²) in [7, 11) is 0. The first kappa shape index (κ1) is 7.25. The first-order chi connectivity index (χ1) is 4.72. The van der Waals surface area contributed by atoms with Crippen LogP contribution in [0.3, 0.4) is 0 Å². The molecule has 1 aromatic heterocycles. The molecule has 0 radical (unpaired) electrons. The Bertz CT molecular complexity index is 183. The van der Waals surface area contributed by atoms with Crippen LogP contribution in [0.15, 0.2) is 17.1 Å². The Balaban J connectivity index is 2.68. The molecule has 1 rings (SSSR count). The van der Waals surface area contributed by atoms with Crippen LogP contribution in [0, 0.1) is 5.92 Å². The van der Waals surface area contributed by atoms with Crippen molar-refractivity contribution in [3.05, 3.63) is 18.4 Å². The van der Waals surface area contributed by atoms with Crippen molar-refractivity contribution in [2.24, 2.45) is 5.92 Å². The number of nitrogens with zero attached hydrogens (tertiary/aromatic N) is 1. The molecule has 0 N–H and O–H groups in total. The van der Waals surface area contributed by atoms with Gasteiger partial charge in [0, 0.05) is 0 Å². The van der Waals surface area contributed by atoms with Gasteiger partial charge in [0.25, 0.3) is 0 Å². The fourth-order valence-electron chi connectivity index (χ4n) is 0.700. The maximum atomic E-state index is 13.0. The van der Waals surface area contributed by atoms with Crippen molar-refractivity contribution < 1.29 is 8.81 Å². The van der Waals surface area contributed by atoms with Crippen LogP contribution in [0.1, 0.15) is 25.7 Å². The van der Waals surface area contributed by atoms with E-state index in [-0.39, 0.29) is 5.92 Å². The Morgan fingerprint density at radius 2 is 2.30 bits per heavy atom. The molecule has 0 aromatic carbocycles. The monoisotopic (exact) mass is 143 g/mol. The highest BCUT2D eigenvalue weighted by molar-refractivity contribution is 4.97. The third-order valence-electron chi connectivity index (χ3n) is 1.32. The zero-order valence-corrected chi connectivity index (χ0v) is 6.04. The van der Waals surface area contributed by atoms with Crippen LogP contribution in [-0.4, -0.2) is 4.98 Å². The number of alkyl halides is 1. The summed E-state index contributed by atoms with van der Waals surface area (Å²) >= 11 is 0. The van der Waals surface area contributed by atoms with Crippen LogP contribution < -0.4 is 0 Å². The van der Waals surface area contributed by atoms with Crippen molar-refractivity contribution in [1.82, 2.24) is 4.98 Å². The Kier molecular flexibility index (Phi) is 2.04. The molecule has 3 heteroatoms. The second-order valence-electron chi connectivity index (χ2n) is 2.56. The van der Waals surface area contributed by atoms with E-state index in [0.717, 1.165) is 0 Å². The third-order valence-corrected chi connectivity index (χ3v) is 1.32. The number of halogens is 1. The van der Waals surface area contributed by atoms with E-state index in [1.54, 1.807) is 13.8 Å². The minimum absolute atomic E-state index is 0.0369. The van der Waals surface area contributed by atoms with Crippen LogP contribution in [0.5, 0.6) is 0 Å². The predicted molar refractivity (Wildman–Crippen MR) is 35.2 cm³/mol.